The van der Waals surface area contributed by atoms with Gasteiger partial charge in [-0.1, -0.05) is 19.9 Å². The molecule has 1 N–H and O–H groups in total. The molecule has 0 bridgehead atoms. The third kappa shape index (κ3) is 3.15. The van der Waals surface area contributed by atoms with E-state index in [1.54, 1.807) is 0 Å². The molecule has 1 aliphatic rings. The Morgan fingerprint density at radius 2 is 2.30 bits per heavy atom. The summed E-state index contributed by atoms with van der Waals surface area (Å²) in [7, 11) is 0. The van der Waals surface area contributed by atoms with Crippen LogP contribution >= 0.6 is 11.8 Å². The zero-order chi connectivity index (χ0) is 14.0. The number of rotatable bonds is 3. The van der Waals surface area contributed by atoms with Crippen LogP contribution in [0.2, 0.25) is 0 Å². The van der Waals surface area contributed by atoms with Crippen LogP contribution in [0.1, 0.15) is 20.3 Å². The Morgan fingerprint density at radius 3 is 3.05 bits per heavy atom. The molecule has 4 nitrogen and oxygen atoms in total. The molecule has 0 radical (unpaired) electrons. The summed E-state index contributed by atoms with van der Waals surface area (Å²) in [6, 6.07) is 8.68. The van der Waals surface area contributed by atoms with Crippen LogP contribution in [0.4, 0.5) is 5.69 Å². The van der Waals surface area contributed by atoms with E-state index in [9.17, 15) is 0 Å². The number of hydrogen-bond donors (Lipinski definition) is 1. The van der Waals surface area contributed by atoms with Gasteiger partial charge in [-0.3, -0.25) is 0 Å². The van der Waals surface area contributed by atoms with Crippen molar-refractivity contribution in [1.29, 1.82) is 0 Å². The topological polar surface area (TPSA) is 51.0 Å². The monoisotopic (exact) mass is 289 g/mol. The predicted octanol–water partition coefficient (Wildman–Crippen LogP) is 3.68. The van der Waals surface area contributed by atoms with Gasteiger partial charge in [0.15, 0.2) is 0 Å². The van der Waals surface area contributed by atoms with Crippen LogP contribution in [0.3, 0.4) is 0 Å². The van der Waals surface area contributed by atoms with Crippen molar-refractivity contribution in [2.45, 2.75) is 26.3 Å². The highest BCUT2D eigenvalue weighted by Gasteiger charge is 2.28. The largest absolute Gasteiger partial charge is 0.423 e. The number of aromatic nitrogens is 2. The normalized spacial score (nSPS) is 21.6. The summed E-state index contributed by atoms with van der Waals surface area (Å²) >= 11 is 2.03. The number of nitrogens with one attached hydrogen (secondary N) is 1. The van der Waals surface area contributed by atoms with Crippen LogP contribution in [-0.2, 0) is 0 Å². The molecule has 2 heterocycles. The van der Waals surface area contributed by atoms with Crippen molar-refractivity contribution >= 4 is 17.4 Å². The maximum atomic E-state index is 5.24. The van der Waals surface area contributed by atoms with E-state index in [2.05, 4.69) is 41.5 Å². The van der Waals surface area contributed by atoms with Gasteiger partial charge in [0.05, 0.1) is 0 Å². The molecule has 1 unspecified atom stereocenters. The van der Waals surface area contributed by atoms with Gasteiger partial charge in [-0.2, -0.15) is 11.8 Å². The van der Waals surface area contributed by atoms with Crippen molar-refractivity contribution in [3.05, 3.63) is 30.7 Å². The Balaban J connectivity index is 1.73. The lowest BCUT2D eigenvalue weighted by Gasteiger charge is -2.35. The first-order valence-corrected chi connectivity index (χ1v) is 7.99. The van der Waals surface area contributed by atoms with Crippen LogP contribution in [0.5, 0.6) is 0 Å². The third-order valence-electron chi connectivity index (χ3n) is 3.45. The summed E-state index contributed by atoms with van der Waals surface area (Å²) in [5.41, 5.74) is 2.48. The quantitative estimate of drug-likeness (QED) is 0.934. The molecular weight excluding hydrogens is 270 g/mol. The van der Waals surface area contributed by atoms with Crippen molar-refractivity contribution in [2.24, 2.45) is 5.41 Å². The minimum Gasteiger partial charge on any atom is -0.423 e. The first kappa shape index (κ1) is 13.5. The lowest BCUT2D eigenvalue weighted by atomic mass is 9.88. The standard InChI is InChI=1S/C15H19N3OS/c1-15(2)7-13(8-20-9-15)17-12-5-3-4-11(6-12)14-18-16-10-19-14/h3-6,10,13,17H,7-9H2,1-2H3. The average molecular weight is 289 g/mol. The maximum Gasteiger partial charge on any atom is 0.247 e. The Hall–Kier alpha value is -1.49. The molecule has 1 aromatic heterocycles. The third-order valence-corrected chi connectivity index (χ3v) is 5.07. The fraction of sp³-hybridized carbons (Fsp3) is 0.467. The fourth-order valence-corrected chi connectivity index (χ4v) is 3.91. The van der Waals surface area contributed by atoms with Gasteiger partial charge in [0, 0.05) is 23.0 Å². The van der Waals surface area contributed by atoms with Gasteiger partial charge in [0.1, 0.15) is 0 Å². The van der Waals surface area contributed by atoms with E-state index in [0.717, 1.165) is 17.0 Å². The molecule has 106 valence electrons. The second-order valence-electron chi connectivity index (χ2n) is 6.05. The Kier molecular flexibility index (Phi) is 3.70. The lowest BCUT2D eigenvalue weighted by molar-refractivity contribution is 0.358. The van der Waals surface area contributed by atoms with Crippen LogP contribution in [0.15, 0.2) is 35.1 Å². The van der Waals surface area contributed by atoms with Gasteiger partial charge in [0.2, 0.25) is 12.3 Å². The lowest BCUT2D eigenvalue weighted by Crippen LogP contribution is -2.35. The number of hydrogen-bond acceptors (Lipinski definition) is 5. The molecule has 0 saturated carbocycles. The minimum atomic E-state index is 0.407. The molecule has 1 fully saturated rings. The number of benzene rings is 1. The highest BCUT2D eigenvalue weighted by atomic mass is 32.2. The van der Waals surface area contributed by atoms with Gasteiger partial charge in [-0.05, 0) is 35.8 Å². The van der Waals surface area contributed by atoms with Crippen LogP contribution in [-0.4, -0.2) is 27.7 Å². The molecule has 20 heavy (non-hydrogen) atoms. The van der Waals surface area contributed by atoms with E-state index in [1.807, 2.05) is 23.9 Å². The van der Waals surface area contributed by atoms with Gasteiger partial charge in [-0.15, -0.1) is 10.2 Å². The molecule has 1 aromatic carbocycles. The first-order chi connectivity index (χ1) is 9.62. The van der Waals surface area contributed by atoms with Crippen LogP contribution < -0.4 is 5.32 Å². The molecule has 2 aromatic rings. The van der Waals surface area contributed by atoms with Crippen molar-refractivity contribution in [3.63, 3.8) is 0 Å². The van der Waals surface area contributed by atoms with Crippen molar-refractivity contribution in [1.82, 2.24) is 10.2 Å². The van der Waals surface area contributed by atoms with Gasteiger partial charge in [-0.25, -0.2) is 0 Å². The number of thioether (sulfide) groups is 1. The summed E-state index contributed by atoms with van der Waals surface area (Å²) < 4.78 is 5.24. The molecule has 0 aliphatic carbocycles. The number of anilines is 1. The zero-order valence-electron chi connectivity index (χ0n) is 11.8. The second kappa shape index (κ2) is 5.48. The molecular formula is C15H19N3OS. The molecule has 1 aliphatic heterocycles. The van der Waals surface area contributed by atoms with Crippen LogP contribution in [0, 0.1) is 5.41 Å². The van der Waals surface area contributed by atoms with E-state index in [4.69, 9.17) is 4.42 Å². The van der Waals surface area contributed by atoms with E-state index >= 15 is 0 Å². The van der Waals surface area contributed by atoms with E-state index < -0.39 is 0 Å². The Bertz CT molecular complexity index is 568. The zero-order valence-corrected chi connectivity index (χ0v) is 12.6. The Labute approximate surface area is 123 Å². The van der Waals surface area contributed by atoms with Crippen molar-refractivity contribution in [3.8, 4) is 11.5 Å². The molecule has 1 saturated heterocycles. The van der Waals surface area contributed by atoms with E-state index in [1.165, 1.54) is 18.6 Å². The van der Waals surface area contributed by atoms with Crippen molar-refractivity contribution in [2.75, 3.05) is 16.8 Å². The second-order valence-corrected chi connectivity index (χ2v) is 7.08. The summed E-state index contributed by atoms with van der Waals surface area (Å²) in [6.45, 7) is 4.67. The highest BCUT2D eigenvalue weighted by molar-refractivity contribution is 7.99. The molecule has 3 rings (SSSR count). The van der Waals surface area contributed by atoms with E-state index in [-0.39, 0.29) is 0 Å². The first-order valence-electron chi connectivity index (χ1n) is 6.83. The smallest absolute Gasteiger partial charge is 0.247 e. The maximum absolute atomic E-state index is 5.24. The highest BCUT2D eigenvalue weighted by Crippen LogP contribution is 2.35. The molecule has 5 heteroatoms. The molecule has 1 atom stereocenters. The van der Waals surface area contributed by atoms with Gasteiger partial charge < -0.3 is 9.73 Å². The number of nitrogens with zero attached hydrogens (tertiary/aromatic N) is 2. The molecule has 0 amide bonds. The summed E-state index contributed by atoms with van der Waals surface area (Å²) in [4.78, 5) is 0. The summed E-state index contributed by atoms with van der Waals surface area (Å²) in [5, 5.41) is 11.3. The summed E-state index contributed by atoms with van der Waals surface area (Å²) in [5.74, 6) is 2.97. The van der Waals surface area contributed by atoms with E-state index in [0.29, 0.717) is 17.3 Å². The average Bonchev–Trinajstić information content (AvgIpc) is 2.91. The van der Waals surface area contributed by atoms with Crippen molar-refractivity contribution < 1.29 is 4.42 Å². The fourth-order valence-electron chi connectivity index (χ4n) is 2.63. The molecule has 0 spiro atoms. The SMILES string of the molecule is CC1(C)CSCC(Nc2cccc(-c3nnco3)c2)C1. The predicted molar refractivity (Wildman–Crippen MR) is 82.9 cm³/mol. The minimum absolute atomic E-state index is 0.407. The van der Waals surface area contributed by atoms with Gasteiger partial charge in [0.25, 0.3) is 0 Å². The van der Waals surface area contributed by atoms with Crippen LogP contribution in [0.25, 0.3) is 11.5 Å². The Morgan fingerprint density at radius 1 is 1.40 bits per heavy atom. The summed E-state index contributed by atoms with van der Waals surface area (Å²) in [6.07, 6.45) is 2.56. The van der Waals surface area contributed by atoms with Gasteiger partial charge >= 0.3 is 0 Å².